The topological polar surface area (TPSA) is 26.0 Å². The summed E-state index contributed by atoms with van der Waals surface area (Å²) in [7, 11) is 0. The molecule has 1 radical (unpaired) electrons. The van der Waals surface area contributed by atoms with Crippen LogP contribution < -0.4 is 5.73 Å². The largest absolute Gasteiger partial charge is 0.396 e. The molecule has 0 aromatic heterocycles. The fourth-order valence-corrected chi connectivity index (χ4v) is 0.605. The van der Waals surface area contributed by atoms with E-state index in [-0.39, 0.29) is 11.5 Å². The Hall–Kier alpha value is -1.05. The lowest BCUT2D eigenvalue weighted by molar-refractivity contribution is 0.623. The van der Waals surface area contributed by atoms with Gasteiger partial charge in [-0.3, -0.25) is 0 Å². The van der Waals surface area contributed by atoms with Gasteiger partial charge in [-0.05, 0) is 12.5 Å². The van der Waals surface area contributed by atoms with Gasteiger partial charge in [-0.15, -0.1) is 0 Å². The Labute approximate surface area is 53.3 Å². The average molecular weight is 124 g/mol. The molecule has 1 aromatic rings. The summed E-state index contributed by atoms with van der Waals surface area (Å²) in [5.41, 5.74) is 5.84. The van der Waals surface area contributed by atoms with Crippen LogP contribution in [0.25, 0.3) is 0 Å². The van der Waals surface area contributed by atoms with Crippen LogP contribution in [0.3, 0.4) is 0 Å². The van der Waals surface area contributed by atoms with Gasteiger partial charge < -0.3 is 5.73 Å². The van der Waals surface area contributed by atoms with Crippen LogP contribution in [-0.2, 0) is 0 Å². The van der Waals surface area contributed by atoms with E-state index in [1.807, 2.05) is 0 Å². The van der Waals surface area contributed by atoms with Crippen molar-refractivity contribution in [3.63, 3.8) is 0 Å². The molecule has 9 heavy (non-hydrogen) atoms. The summed E-state index contributed by atoms with van der Waals surface area (Å²) < 4.78 is 12.6. The molecule has 0 bridgehead atoms. The summed E-state index contributed by atoms with van der Waals surface area (Å²) in [4.78, 5) is 0. The van der Waals surface area contributed by atoms with E-state index in [1.54, 1.807) is 19.1 Å². The third-order valence-corrected chi connectivity index (χ3v) is 1.15. The molecule has 0 fully saturated rings. The van der Waals surface area contributed by atoms with Gasteiger partial charge in [0, 0.05) is 6.07 Å². The van der Waals surface area contributed by atoms with Crippen molar-refractivity contribution in [2.75, 3.05) is 5.73 Å². The van der Waals surface area contributed by atoms with E-state index in [2.05, 4.69) is 6.07 Å². The van der Waals surface area contributed by atoms with Crippen LogP contribution in [0.4, 0.5) is 10.1 Å². The summed E-state index contributed by atoms with van der Waals surface area (Å²) in [6, 6.07) is 5.78. The van der Waals surface area contributed by atoms with Gasteiger partial charge in [0.15, 0.2) is 0 Å². The van der Waals surface area contributed by atoms with Crippen molar-refractivity contribution in [1.29, 1.82) is 0 Å². The van der Waals surface area contributed by atoms with E-state index >= 15 is 0 Å². The minimum absolute atomic E-state index is 0.0926. The van der Waals surface area contributed by atoms with E-state index < -0.39 is 0 Å². The highest BCUT2D eigenvalue weighted by Crippen LogP contribution is 2.11. The maximum atomic E-state index is 12.6. The first kappa shape index (κ1) is 6.08. The standard InChI is InChI=1S/C7H7FN/c1-5-3-2-4-6(9)7(5)8/h2-3H,9H2,1H3. The highest BCUT2D eigenvalue weighted by molar-refractivity contribution is 5.40. The van der Waals surface area contributed by atoms with Gasteiger partial charge in [0.2, 0.25) is 0 Å². The molecular formula is C7H7FN. The molecule has 0 amide bonds. The maximum Gasteiger partial charge on any atom is 0.149 e. The van der Waals surface area contributed by atoms with E-state index in [1.165, 1.54) is 0 Å². The van der Waals surface area contributed by atoms with Gasteiger partial charge in [0.05, 0.1) is 5.69 Å². The van der Waals surface area contributed by atoms with Crippen LogP contribution in [0, 0.1) is 18.8 Å². The molecule has 2 N–H and O–H groups in total. The number of hydrogen-bond donors (Lipinski definition) is 1. The fourth-order valence-electron chi connectivity index (χ4n) is 0.605. The Bertz CT molecular complexity index is 200. The first-order valence-corrected chi connectivity index (χ1v) is 2.64. The highest BCUT2D eigenvalue weighted by atomic mass is 19.1. The Morgan fingerprint density at radius 1 is 1.67 bits per heavy atom. The zero-order valence-corrected chi connectivity index (χ0v) is 5.11. The van der Waals surface area contributed by atoms with Crippen molar-refractivity contribution >= 4 is 5.69 Å². The first-order valence-electron chi connectivity index (χ1n) is 2.64. The molecule has 0 saturated heterocycles. The zero-order chi connectivity index (χ0) is 6.85. The van der Waals surface area contributed by atoms with Crippen LogP contribution in [0.2, 0.25) is 0 Å². The lowest BCUT2D eigenvalue weighted by atomic mass is 10.2. The smallest absolute Gasteiger partial charge is 0.149 e. The normalized spacial score (nSPS) is 9.56. The van der Waals surface area contributed by atoms with E-state index in [0.717, 1.165) is 0 Å². The molecule has 1 aromatic carbocycles. The Morgan fingerprint density at radius 2 is 2.33 bits per heavy atom. The first-order chi connectivity index (χ1) is 4.22. The SMILES string of the molecule is Cc1cc[c]c(N)c1F. The van der Waals surface area contributed by atoms with Crippen LogP contribution in [0.15, 0.2) is 12.1 Å². The average Bonchev–Trinajstić information content (AvgIpc) is 1.83. The molecule has 0 atom stereocenters. The van der Waals surface area contributed by atoms with Gasteiger partial charge in [-0.1, -0.05) is 12.1 Å². The lowest BCUT2D eigenvalue weighted by Gasteiger charge is -1.96. The highest BCUT2D eigenvalue weighted by Gasteiger charge is 1.98. The van der Waals surface area contributed by atoms with Crippen LogP contribution >= 0.6 is 0 Å². The molecule has 0 spiro atoms. The summed E-state index contributed by atoms with van der Waals surface area (Å²) in [6.07, 6.45) is 0. The summed E-state index contributed by atoms with van der Waals surface area (Å²) in [5, 5.41) is 0. The third-order valence-electron chi connectivity index (χ3n) is 1.15. The van der Waals surface area contributed by atoms with Gasteiger partial charge in [0.1, 0.15) is 5.82 Å². The number of aryl methyl sites for hydroxylation is 1. The Morgan fingerprint density at radius 3 is 2.78 bits per heavy atom. The molecule has 1 nitrogen and oxygen atoms in total. The van der Waals surface area contributed by atoms with Gasteiger partial charge in [0.25, 0.3) is 0 Å². The van der Waals surface area contributed by atoms with Crippen molar-refractivity contribution < 1.29 is 4.39 Å². The van der Waals surface area contributed by atoms with Crippen LogP contribution in [0.1, 0.15) is 5.56 Å². The second kappa shape index (κ2) is 2.05. The molecule has 0 aliphatic carbocycles. The predicted octanol–water partition coefficient (Wildman–Crippen LogP) is 1.52. The van der Waals surface area contributed by atoms with E-state index in [9.17, 15) is 4.39 Å². The second-order valence-electron chi connectivity index (χ2n) is 1.89. The minimum Gasteiger partial charge on any atom is -0.396 e. The molecule has 0 aliphatic heterocycles. The Kier molecular flexibility index (Phi) is 1.39. The van der Waals surface area contributed by atoms with Gasteiger partial charge in [-0.25, -0.2) is 4.39 Å². The molecular weight excluding hydrogens is 117 g/mol. The number of nitrogens with two attached hydrogens (primary N) is 1. The second-order valence-corrected chi connectivity index (χ2v) is 1.89. The fraction of sp³-hybridized carbons (Fsp3) is 0.143. The number of anilines is 1. The molecule has 1 rings (SSSR count). The molecule has 0 unspecified atom stereocenters. The van der Waals surface area contributed by atoms with Crippen molar-refractivity contribution in [3.8, 4) is 0 Å². The number of nitrogen functional groups attached to an aromatic ring is 1. The molecule has 2 heteroatoms. The number of rotatable bonds is 0. The molecule has 47 valence electrons. The van der Waals surface area contributed by atoms with Crippen LogP contribution in [-0.4, -0.2) is 0 Å². The number of halogens is 1. The maximum absolute atomic E-state index is 12.6. The zero-order valence-electron chi connectivity index (χ0n) is 5.11. The third kappa shape index (κ3) is 1.02. The van der Waals surface area contributed by atoms with Crippen molar-refractivity contribution in [2.24, 2.45) is 0 Å². The van der Waals surface area contributed by atoms with Crippen molar-refractivity contribution in [1.82, 2.24) is 0 Å². The summed E-state index contributed by atoms with van der Waals surface area (Å²) >= 11 is 0. The van der Waals surface area contributed by atoms with E-state index in [4.69, 9.17) is 5.73 Å². The number of hydrogen-bond acceptors (Lipinski definition) is 1. The number of benzene rings is 1. The quantitative estimate of drug-likeness (QED) is 0.521. The molecule has 0 saturated carbocycles. The van der Waals surface area contributed by atoms with Gasteiger partial charge >= 0.3 is 0 Å². The van der Waals surface area contributed by atoms with Crippen LogP contribution in [0.5, 0.6) is 0 Å². The molecule has 0 aliphatic rings. The minimum atomic E-state index is -0.363. The van der Waals surface area contributed by atoms with Crippen molar-refractivity contribution in [3.05, 3.63) is 29.6 Å². The van der Waals surface area contributed by atoms with Gasteiger partial charge in [-0.2, -0.15) is 0 Å². The summed E-state index contributed by atoms with van der Waals surface area (Å²) in [5.74, 6) is -0.363. The van der Waals surface area contributed by atoms with E-state index in [0.29, 0.717) is 5.56 Å². The Balaban J connectivity index is 3.25. The lowest BCUT2D eigenvalue weighted by Crippen LogP contribution is -1.91. The molecule has 0 heterocycles. The summed E-state index contributed by atoms with van der Waals surface area (Å²) in [6.45, 7) is 1.67. The predicted molar refractivity (Wildman–Crippen MR) is 34.4 cm³/mol. The van der Waals surface area contributed by atoms with Crippen molar-refractivity contribution in [2.45, 2.75) is 6.92 Å². The monoisotopic (exact) mass is 124 g/mol.